The fourth-order valence-electron chi connectivity index (χ4n) is 1.72. The van der Waals surface area contributed by atoms with Crippen LogP contribution >= 0.6 is 0 Å². The van der Waals surface area contributed by atoms with Gasteiger partial charge in [-0.15, -0.1) is 0 Å². The highest BCUT2D eigenvalue weighted by Crippen LogP contribution is 2.33. The smallest absolute Gasteiger partial charge is 0.293 e. The Labute approximate surface area is 105 Å². The van der Waals surface area contributed by atoms with Gasteiger partial charge in [-0.2, -0.15) is 0 Å². The summed E-state index contributed by atoms with van der Waals surface area (Å²) in [5.41, 5.74) is -0.232. The first-order valence-electron chi connectivity index (χ1n) is 5.30. The maximum Gasteiger partial charge on any atom is 0.293 e. The van der Waals surface area contributed by atoms with E-state index in [0.717, 1.165) is 6.42 Å². The number of nitro groups is 1. The van der Waals surface area contributed by atoms with Gasteiger partial charge in [0.05, 0.1) is 4.92 Å². The lowest BCUT2D eigenvalue weighted by Gasteiger charge is -2.20. The van der Waals surface area contributed by atoms with E-state index in [1.807, 2.05) is 6.92 Å². The Bertz CT molecular complexity index is 556. The number of para-hydroxylation sites is 1. The molecule has 0 saturated heterocycles. The lowest BCUT2D eigenvalue weighted by atomic mass is 10.2. The van der Waals surface area contributed by atoms with Gasteiger partial charge in [-0.05, 0) is 12.5 Å². The molecule has 0 unspecified atom stereocenters. The number of benzene rings is 1. The number of nitrogens with two attached hydrogens (primary N) is 1. The molecule has 2 N–H and O–H groups in total. The molecule has 18 heavy (non-hydrogen) atoms. The molecule has 0 aliphatic carbocycles. The van der Waals surface area contributed by atoms with Gasteiger partial charge in [-0.1, -0.05) is 13.0 Å². The van der Waals surface area contributed by atoms with Crippen molar-refractivity contribution >= 4 is 21.4 Å². The Morgan fingerprint density at radius 3 is 2.50 bits per heavy atom. The lowest BCUT2D eigenvalue weighted by molar-refractivity contribution is -0.384. The molecular weight excluding hydrogens is 258 g/mol. The normalized spacial score (nSPS) is 11.3. The molecule has 8 heteroatoms. The van der Waals surface area contributed by atoms with Crippen LogP contribution in [0.1, 0.15) is 13.3 Å². The van der Waals surface area contributed by atoms with Gasteiger partial charge >= 0.3 is 0 Å². The Morgan fingerprint density at radius 2 is 2.06 bits per heavy atom. The number of primary sulfonamides is 1. The molecule has 0 heterocycles. The first kappa shape index (κ1) is 14.4. The second-order valence-electron chi connectivity index (χ2n) is 3.85. The summed E-state index contributed by atoms with van der Waals surface area (Å²) in [5.74, 6) is 0. The topological polar surface area (TPSA) is 107 Å². The van der Waals surface area contributed by atoms with Gasteiger partial charge in [0.2, 0.25) is 10.0 Å². The number of hydrogen-bond donors (Lipinski definition) is 1. The van der Waals surface area contributed by atoms with Gasteiger partial charge in [0.15, 0.2) is 0 Å². The molecule has 1 aromatic carbocycles. The summed E-state index contributed by atoms with van der Waals surface area (Å²) in [6, 6.07) is 3.83. The molecule has 0 saturated carbocycles. The summed E-state index contributed by atoms with van der Waals surface area (Å²) in [4.78, 5) is 11.6. The quantitative estimate of drug-likeness (QED) is 0.638. The summed E-state index contributed by atoms with van der Waals surface area (Å²) in [7, 11) is -2.40. The minimum Gasteiger partial charge on any atom is -0.368 e. The second kappa shape index (κ2) is 5.32. The third kappa shape index (κ3) is 2.96. The van der Waals surface area contributed by atoms with Crippen molar-refractivity contribution in [3.63, 3.8) is 0 Å². The second-order valence-corrected chi connectivity index (χ2v) is 5.38. The zero-order valence-electron chi connectivity index (χ0n) is 10.2. The van der Waals surface area contributed by atoms with Crippen LogP contribution in [0, 0.1) is 10.1 Å². The van der Waals surface area contributed by atoms with E-state index in [1.165, 1.54) is 23.1 Å². The Kier molecular flexibility index (Phi) is 4.25. The van der Waals surface area contributed by atoms with Crippen molar-refractivity contribution in [2.75, 3.05) is 18.5 Å². The van der Waals surface area contributed by atoms with E-state index in [1.54, 1.807) is 7.05 Å². The van der Waals surface area contributed by atoms with E-state index in [9.17, 15) is 18.5 Å². The minimum absolute atomic E-state index is 0.0341. The van der Waals surface area contributed by atoms with Crippen molar-refractivity contribution in [1.29, 1.82) is 0 Å². The zero-order valence-corrected chi connectivity index (χ0v) is 11.0. The Balaban J connectivity index is 3.54. The highest BCUT2D eigenvalue weighted by molar-refractivity contribution is 7.89. The van der Waals surface area contributed by atoms with Crippen molar-refractivity contribution in [3.8, 4) is 0 Å². The largest absolute Gasteiger partial charge is 0.368 e. The number of rotatable bonds is 5. The van der Waals surface area contributed by atoms with Gasteiger partial charge in [0, 0.05) is 19.7 Å². The molecule has 0 fully saturated rings. The van der Waals surface area contributed by atoms with Gasteiger partial charge in [-0.25, -0.2) is 13.6 Å². The van der Waals surface area contributed by atoms with Gasteiger partial charge in [-0.3, -0.25) is 10.1 Å². The molecule has 0 atom stereocenters. The molecule has 1 aromatic rings. The minimum atomic E-state index is -4.00. The van der Waals surface area contributed by atoms with Gasteiger partial charge < -0.3 is 4.90 Å². The van der Waals surface area contributed by atoms with Crippen LogP contribution in [0.25, 0.3) is 0 Å². The Hall–Kier alpha value is -1.67. The first-order chi connectivity index (χ1) is 8.29. The molecule has 0 amide bonds. The summed E-state index contributed by atoms with van der Waals surface area (Å²) < 4.78 is 22.9. The van der Waals surface area contributed by atoms with Crippen molar-refractivity contribution in [3.05, 3.63) is 28.3 Å². The highest BCUT2D eigenvalue weighted by Gasteiger charge is 2.25. The summed E-state index contributed by atoms with van der Waals surface area (Å²) in [6.07, 6.45) is 0.729. The number of anilines is 1. The molecule has 0 spiro atoms. The molecule has 1 rings (SSSR count). The monoisotopic (exact) mass is 273 g/mol. The van der Waals surface area contributed by atoms with Crippen LogP contribution < -0.4 is 10.0 Å². The standard InChI is InChI=1S/C10H15N3O4S/c1-3-7-12(2)10-8(13(14)15)5-4-6-9(10)18(11,16)17/h4-6H,3,7H2,1-2H3,(H2,11,16,17). The van der Waals surface area contributed by atoms with E-state index in [2.05, 4.69) is 0 Å². The third-order valence-corrected chi connectivity index (χ3v) is 3.36. The van der Waals surface area contributed by atoms with Crippen molar-refractivity contribution < 1.29 is 13.3 Å². The maximum absolute atomic E-state index is 11.5. The molecule has 0 radical (unpaired) electrons. The SMILES string of the molecule is CCCN(C)c1c([N+](=O)[O-])cccc1S(N)(=O)=O. The van der Waals surface area contributed by atoms with Crippen molar-refractivity contribution in [1.82, 2.24) is 0 Å². The number of sulfonamides is 1. The van der Waals surface area contributed by atoms with Crippen LogP contribution in [-0.2, 0) is 10.0 Å². The number of nitro benzene ring substituents is 1. The highest BCUT2D eigenvalue weighted by atomic mass is 32.2. The predicted octanol–water partition coefficient (Wildman–Crippen LogP) is 1.09. The summed E-state index contributed by atoms with van der Waals surface area (Å²) >= 11 is 0. The van der Waals surface area contributed by atoms with Crippen LogP contribution in [-0.4, -0.2) is 26.9 Å². The van der Waals surface area contributed by atoms with E-state index in [-0.39, 0.29) is 16.3 Å². The molecular formula is C10H15N3O4S. The summed E-state index contributed by atoms with van der Waals surface area (Å²) in [6.45, 7) is 2.38. The fourth-order valence-corrected chi connectivity index (χ4v) is 2.52. The predicted molar refractivity (Wildman–Crippen MR) is 68.0 cm³/mol. The van der Waals surface area contributed by atoms with Crippen LogP contribution in [0.15, 0.2) is 23.1 Å². The zero-order chi connectivity index (χ0) is 13.9. The summed E-state index contributed by atoms with van der Waals surface area (Å²) in [5, 5.41) is 16.0. The van der Waals surface area contributed by atoms with Crippen molar-refractivity contribution in [2.24, 2.45) is 5.14 Å². The Morgan fingerprint density at radius 1 is 1.44 bits per heavy atom. The molecule has 0 aromatic heterocycles. The molecule has 0 aliphatic rings. The molecule has 7 nitrogen and oxygen atoms in total. The van der Waals surface area contributed by atoms with E-state index >= 15 is 0 Å². The van der Waals surface area contributed by atoms with Crippen LogP contribution in [0.5, 0.6) is 0 Å². The third-order valence-electron chi connectivity index (χ3n) is 2.42. The molecule has 100 valence electrons. The van der Waals surface area contributed by atoms with Crippen LogP contribution in [0.3, 0.4) is 0 Å². The molecule has 0 bridgehead atoms. The number of nitrogens with zero attached hydrogens (tertiary/aromatic N) is 2. The van der Waals surface area contributed by atoms with Gasteiger partial charge in [0.1, 0.15) is 10.6 Å². The van der Waals surface area contributed by atoms with E-state index in [0.29, 0.717) is 6.54 Å². The average Bonchev–Trinajstić information content (AvgIpc) is 2.27. The molecule has 0 aliphatic heterocycles. The van der Waals surface area contributed by atoms with Crippen LogP contribution in [0.2, 0.25) is 0 Å². The average molecular weight is 273 g/mol. The number of hydrogen-bond acceptors (Lipinski definition) is 5. The van der Waals surface area contributed by atoms with E-state index < -0.39 is 14.9 Å². The first-order valence-corrected chi connectivity index (χ1v) is 6.85. The fraction of sp³-hybridized carbons (Fsp3) is 0.400. The lowest BCUT2D eigenvalue weighted by Crippen LogP contribution is -2.24. The van der Waals surface area contributed by atoms with Gasteiger partial charge in [0.25, 0.3) is 5.69 Å². The van der Waals surface area contributed by atoms with E-state index in [4.69, 9.17) is 5.14 Å². The maximum atomic E-state index is 11.5. The van der Waals surface area contributed by atoms with Crippen LogP contribution in [0.4, 0.5) is 11.4 Å². The van der Waals surface area contributed by atoms with Crippen molar-refractivity contribution in [2.45, 2.75) is 18.2 Å².